The normalized spacial score (nSPS) is 24.4. The molecule has 7 heteroatoms. The number of nitrogens with zero attached hydrogens (tertiary/aromatic N) is 2. The second-order valence-electron chi connectivity index (χ2n) is 8.18. The largest absolute Gasteiger partial charge is 0.345 e. The Hall–Kier alpha value is -2.51. The number of carbonyl (C=O) groups is 1. The van der Waals surface area contributed by atoms with Crippen LogP contribution in [0.15, 0.2) is 41.2 Å². The molecule has 0 saturated carbocycles. The molecule has 4 rings (SSSR count). The van der Waals surface area contributed by atoms with Crippen LogP contribution in [0.5, 0.6) is 0 Å². The number of carbonyl (C=O) groups excluding carboxylic acids is 1. The zero-order valence-corrected chi connectivity index (χ0v) is 16.3. The molecular weight excluding hydrogens is 354 g/mol. The van der Waals surface area contributed by atoms with Crippen molar-refractivity contribution < 1.29 is 4.79 Å². The second kappa shape index (κ2) is 7.85. The number of hydrazine groups is 1. The molecule has 0 bridgehead atoms. The van der Waals surface area contributed by atoms with Crippen LogP contribution in [0.1, 0.15) is 48.1 Å². The first-order chi connectivity index (χ1) is 13.5. The summed E-state index contributed by atoms with van der Waals surface area (Å²) < 4.78 is 0. The van der Waals surface area contributed by atoms with Crippen molar-refractivity contribution >= 4 is 5.91 Å². The smallest absolute Gasteiger partial charge is 0.337 e. The van der Waals surface area contributed by atoms with Gasteiger partial charge in [-0.2, -0.15) is 4.98 Å². The first-order valence-corrected chi connectivity index (χ1v) is 9.97. The van der Waals surface area contributed by atoms with Crippen molar-refractivity contribution in [1.29, 1.82) is 0 Å². The van der Waals surface area contributed by atoms with Crippen LogP contribution in [0.2, 0.25) is 0 Å². The first kappa shape index (κ1) is 18.8. The number of likely N-dealkylation sites (tertiary alicyclic amines) is 1. The highest BCUT2D eigenvalue weighted by Crippen LogP contribution is 2.33. The quantitative estimate of drug-likeness (QED) is 0.749. The minimum absolute atomic E-state index is 0.158. The van der Waals surface area contributed by atoms with Crippen molar-refractivity contribution in [3.05, 3.63) is 63.8 Å². The minimum Gasteiger partial charge on any atom is -0.337 e. The number of rotatable bonds is 4. The molecule has 0 radical (unpaired) electrons. The molecular formula is C21H27N5O2. The summed E-state index contributed by atoms with van der Waals surface area (Å²) >= 11 is 0. The Morgan fingerprint density at radius 2 is 2.04 bits per heavy atom. The maximum Gasteiger partial charge on any atom is 0.345 e. The Balaban J connectivity index is 1.53. The molecule has 3 atom stereocenters. The number of piperidine rings is 1. The lowest BCUT2D eigenvalue weighted by molar-refractivity contribution is 0.0645. The molecule has 0 spiro atoms. The Morgan fingerprint density at radius 1 is 1.25 bits per heavy atom. The van der Waals surface area contributed by atoms with Crippen LogP contribution in [-0.2, 0) is 6.42 Å². The van der Waals surface area contributed by atoms with Crippen LogP contribution in [0.25, 0.3) is 0 Å². The van der Waals surface area contributed by atoms with Crippen molar-refractivity contribution in [2.45, 2.75) is 38.8 Å². The summed E-state index contributed by atoms with van der Waals surface area (Å²) in [5.41, 5.74) is 8.55. The molecule has 3 N–H and O–H groups in total. The average Bonchev–Trinajstić information content (AvgIpc) is 3.10. The number of amides is 1. The van der Waals surface area contributed by atoms with Gasteiger partial charge in [0.15, 0.2) is 0 Å². The zero-order chi connectivity index (χ0) is 19.7. The monoisotopic (exact) mass is 381 g/mol. The van der Waals surface area contributed by atoms with E-state index in [0.717, 1.165) is 12.1 Å². The van der Waals surface area contributed by atoms with Gasteiger partial charge in [0.2, 0.25) is 0 Å². The number of aromatic amines is 1. The van der Waals surface area contributed by atoms with Crippen LogP contribution in [-0.4, -0.2) is 39.9 Å². The highest BCUT2D eigenvalue weighted by Gasteiger charge is 2.41. The van der Waals surface area contributed by atoms with E-state index in [4.69, 9.17) is 0 Å². The Bertz CT molecular complexity index is 895. The molecule has 7 nitrogen and oxygen atoms in total. The molecule has 2 saturated heterocycles. The predicted octanol–water partition coefficient (Wildman–Crippen LogP) is 1.65. The van der Waals surface area contributed by atoms with Gasteiger partial charge in [0.25, 0.3) is 5.91 Å². The van der Waals surface area contributed by atoms with Gasteiger partial charge < -0.3 is 9.88 Å². The molecule has 1 amide bonds. The summed E-state index contributed by atoms with van der Waals surface area (Å²) in [5, 5.41) is 0. The number of fused-ring (bicyclic) bond motifs is 1. The SMILES string of the molecule is CC(C)Cc1cc(C(=O)N2CCC3NNC(c4ccccc4)C3C2)nc(=O)[nH]1. The van der Waals surface area contributed by atoms with Gasteiger partial charge in [0.05, 0.1) is 6.04 Å². The molecule has 2 aliphatic rings. The van der Waals surface area contributed by atoms with E-state index in [2.05, 4.69) is 46.8 Å². The third-order valence-electron chi connectivity index (χ3n) is 5.60. The van der Waals surface area contributed by atoms with E-state index < -0.39 is 5.69 Å². The number of benzene rings is 1. The van der Waals surface area contributed by atoms with Gasteiger partial charge in [-0.25, -0.2) is 10.2 Å². The molecule has 28 heavy (non-hydrogen) atoms. The predicted molar refractivity (Wildman–Crippen MR) is 107 cm³/mol. The van der Waals surface area contributed by atoms with Gasteiger partial charge >= 0.3 is 5.69 Å². The molecule has 2 aliphatic heterocycles. The van der Waals surface area contributed by atoms with E-state index >= 15 is 0 Å². The Morgan fingerprint density at radius 3 is 2.79 bits per heavy atom. The van der Waals surface area contributed by atoms with E-state index in [1.807, 2.05) is 23.1 Å². The highest BCUT2D eigenvalue weighted by atomic mass is 16.2. The van der Waals surface area contributed by atoms with Gasteiger partial charge in [-0.15, -0.1) is 0 Å². The Labute approximate surface area is 164 Å². The summed E-state index contributed by atoms with van der Waals surface area (Å²) in [6, 6.07) is 12.5. The molecule has 2 aromatic rings. The molecule has 0 aliphatic carbocycles. The van der Waals surface area contributed by atoms with Gasteiger partial charge in [-0.1, -0.05) is 44.2 Å². The van der Waals surface area contributed by atoms with Crippen LogP contribution in [0.3, 0.4) is 0 Å². The number of H-pyrrole nitrogens is 1. The summed E-state index contributed by atoms with van der Waals surface area (Å²) in [5.74, 6) is 0.504. The summed E-state index contributed by atoms with van der Waals surface area (Å²) in [6.07, 6.45) is 1.58. The van der Waals surface area contributed by atoms with Crippen LogP contribution >= 0.6 is 0 Å². The maximum atomic E-state index is 13.1. The van der Waals surface area contributed by atoms with E-state index in [1.165, 1.54) is 5.56 Å². The average molecular weight is 381 g/mol. The number of aromatic nitrogens is 2. The van der Waals surface area contributed by atoms with Gasteiger partial charge in [0, 0.05) is 30.7 Å². The molecule has 148 valence electrons. The third-order valence-corrected chi connectivity index (χ3v) is 5.60. The first-order valence-electron chi connectivity index (χ1n) is 9.97. The summed E-state index contributed by atoms with van der Waals surface area (Å²) in [7, 11) is 0. The number of nitrogens with one attached hydrogen (secondary N) is 3. The standard InChI is InChI=1S/C21H27N5O2/c1-13(2)10-15-11-18(23-21(28)22-15)20(27)26-9-8-17-16(12-26)19(25-24-17)14-6-4-3-5-7-14/h3-7,11,13,16-17,19,24-25H,8-10,12H2,1-2H3,(H,22,23,28). The van der Waals surface area contributed by atoms with Crippen LogP contribution in [0, 0.1) is 11.8 Å². The van der Waals surface area contributed by atoms with E-state index in [9.17, 15) is 9.59 Å². The van der Waals surface area contributed by atoms with Crippen molar-refractivity contribution in [3.63, 3.8) is 0 Å². The van der Waals surface area contributed by atoms with Crippen LogP contribution < -0.4 is 16.5 Å². The van der Waals surface area contributed by atoms with Gasteiger partial charge in [-0.3, -0.25) is 10.2 Å². The number of hydrogen-bond acceptors (Lipinski definition) is 5. The summed E-state index contributed by atoms with van der Waals surface area (Å²) in [6.45, 7) is 5.45. The van der Waals surface area contributed by atoms with E-state index in [-0.39, 0.29) is 23.6 Å². The van der Waals surface area contributed by atoms with Gasteiger partial charge in [0.1, 0.15) is 5.69 Å². The molecule has 3 unspecified atom stereocenters. The number of hydrogen-bond donors (Lipinski definition) is 3. The maximum absolute atomic E-state index is 13.1. The fourth-order valence-corrected chi connectivity index (χ4v) is 4.31. The molecule has 3 heterocycles. The molecule has 1 aromatic heterocycles. The van der Waals surface area contributed by atoms with Crippen LogP contribution in [0.4, 0.5) is 0 Å². The fraction of sp³-hybridized carbons (Fsp3) is 0.476. The van der Waals surface area contributed by atoms with Gasteiger partial charge in [-0.05, 0) is 30.4 Å². The van der Waals surface area contributed by atoms with E-state index in [1.54, 1.807) is 6.07 Å². The third kappa shape index (κ3) is 3.86. The summed E-state index contributed by atoms with van der Waals surface area (Å²) in [4.78, 5) is 33.6. The topological polar surface area (TPSA) is 90.1 Å². The van der Waals surface area contributed by atoms with Crippen molar-refractivity contribution in [2.24, 2.45) is 11.8 Å². The fourth-order valence-electron chi connectivity index (χ4n) is 4.31. The Kier molecular flexibility index (Phi) is 5.28. The lowest BCUT2D eigenvalue weighted by atomic mass is 9.85. The molecule has 1 aromatic carbocycles. The van der Waals surface area contributed by atoms with Crippen molar-refractivity contribution in [2.75, 3.05) is 13.1 Å². The lowest BCUT2D eigenvalue weighted by Gasteiger charge is -2.36. The van der Waals surface area contributed by atoms with Crippen molar-refractivity contribution in [1.82, 2.24) is 25.7 Å². The highest BCUT2D eigenvalue weighted by molar-refractivity contribution is 5.92. The second-order valence-corrected chi connectivity index (χ2v) is 8.18. The molecule has 2 fully saturated rings. The minimum atomic E-state index is -0.456. The zero-order valence-electron chi connectivity index (χ0n) is 16.3. The van der Waals surface area contributed by atoms with Crippen molar-refractivity contribution in [3.8, 4) is 0 Å². The lowest BCUT2D eigenvalue weighted by Crippen LogP contribution is -2.48. The van der Waals surface area contributed by atoms with E-state index in [0.29, 0.717) is 31.5 Å².